The van der Waals surface area contributed by atoms with E-state index < -0.39 is 10.9 Å². The van der Waals surface area contributed by atoms with Gasteiger partial charge in [-0.25, -0.2) is 14.8 Å². The zero-order valence-electron chi connectivity index (χ0n) is 16.2. The highest BCUT2D eigenvalue weighted by Gasteiger charge is 2.24. The Hall–Kier alpha value is -3.72. The molecule has 2 aromatic carbocycles. The summed E-state index contributed by atoms with van der Waals surface area (Å²) in [6.07, 6.45) is 1.21. The molecule has 2 N–H and O–H groups in total. The fourth-order valence-electron chi connectivity index (χ4n) is 2.70. The maximum atomic E-state index is 11.9. The number of ether oxygens (including phenoxy) is 1. The Morgan fingerprint density at radius 3 is 2.57 bits per heavy atom. The maximum Gasteiger partial charge on any atom is 0.353 e. The average Bonchev–Trinajstić information content (AvgIpc) is 2.70. The molecule has 154 valence electrons. The second kappa shape index (κ2) is 9.19. The third-order valence-electron chi connectivity index (χ3n) is 4.08. The predicted octanol–water partition coefficient (Wildman–Crippen LogP) is 5.01. The van der Waals surface area contributed by atoms with Crippen LogP contribution in [0.1, 0.15) is 22.8 Å². The first-order valence-electron chi connectivity index (χ1n) is 8.95. The first-order chi connectivity index (χ1) is 14.4. The van der Waals surface area contributed by atoms with Crippen LogP contribution in [0.25, 0.3) is 0 Å². The summed E-state index contributed by atoms with van der Waals surface area (Å²) >= 11 is 5.97. The molecule has 0 bridgehead atoms. The Labute approximate surface area is 177 Å². The van der Waals surface area contributed by atoms with E-state index in [1.165, 1.54) is 12.4 Å². The number of aryl methyl sites for hydroxylation is 1. The van der Waals surface area contributed by atoms with Gasteiger partial charge in [0.05, 0.1) is 17.1 Å². The SMILES string of the molecule is CCOC(=O)c1cccc(Nc2ncnc(Nc3ccc(Cl)cc3C)c2[N+](=O)[O-])c1. The smallest absolute Gasteiger partial charge is 0.353 e. The van der Waals surface area contributed by atoms with E-state index >= 15 is 0 Å². The number of nitrogens with one attached hydrogen (secondary N) is 2. The van der Waals surface area contributed by atoms with E-state index in [0.717, 1.165) is 5.56 Å². The van der Waals surface area contributed by atoms with E-state index in [1.54, 1.807) is 43.3 Å². The number of nitro groups is 1. The molecule has 0 amide bonds. The molecule has 0 unspecified atom stereocenters. The van der Waals surface area contributed by atoms with E-state index in [1.807, 2.05) is 6.92 Å². The van der Waals surface area contributed by atoms with Crippen LogP contribution in [0, 0.1) is 17.0 Å². The average molecular weight is 428 g/mol. The number of aromatic nitrogens is 2. The molecule has 0 aliphatic carbocycles. The number of anilines is 4. The van der Waals surface area contributed by atoms with Crippen molar-refractivity contribution in [2.75, 3.05) is 17.2 Å². The van der Waals surface area contributed by atoms with Gasteiger partial charge in [0.15, 0.2) is 0 Å². The molecule has 30 heavy (non-hydrogen) atoms. The fourth-order valence-corrected chi connectivity index (χ4v) is 2.93. The molecule has 1 aromatic heterocycles. The minimum absolute atomic E-state index is 0.0180. The van der Waals surface area contributed by atoms with Gasteiger partial charge >= 0.3 is 11.7 Å². The van der Waals surface area contributed by atoms with Gasteiger partial charge in [-0.1, -0.05) is 17.7 Å². The lowest BCUT2D eigenvalue weighted by Crippen LogP contribution is -2.07. The van der Waals surface area contributed by atoms with Crippen molar-refractivity contribution in [3.8, 4) is 0 Å². The van der Waals surface area contributed by atoms with Gasteiger partial charge in [0.25, 0.3) is 0 Å². The van der Waals surface area contributed by atoms with Crippen molar-refractivity contribution in [2.24, 2.45) is 0 Å². The third-order valence-corrected chi connectivity index (χ3v) is 4.32. The van der Waals surface area contributed by atoms with Gasteiger partial charge in [-0.05, 0) is 55.8 Å². The summed E-state index contributed by atoms with van der Waals surface area (Å²) in [5.74, 6) is -0.492. The Morgan fingerprint density at radius 2 is 1.90 bits per heavy atom. The number of carbonyl (C=O) groups excluding carboxylic acids is 1. The first kappa shape index (κ1) is 21.0. The Kier molecular flexibility index (Phi) is 6.43. The molecule has 0 radical (unpaired) electrons. The Balaban J connectivity index is 1.94. The van der Waals surface area contributed by atoms with Crippen molar-refractivity contribution in [1.29, 1.82) is 0 Å². The molecule has 1 heterocycles. The summed E-state index contributed by atoms with van der Waals surface area (Å²) in [5, 5.41) is 18.2. The van der Waals surface area contributed by atoms with Gasteiger partial charge < -0.3 is 15.4 Å². The number of halogens is 1. The Bertz CT molecular complexity index is 1110. The van der Waals surface area contributed by atoms with E-state index in [-0.39, 0.29) is 23.9 Å². The van der Waals surface area contributed by atoms with Gasteiger partial charge in [0, 0.05) is 16.4 Å². The zero-order chi connectivity index (χ0) is 21.7. The first-order valence-corrected chi connectivity index (χ1v) is 9.33. The van der Waals surface area contributed by atoms with Gasteiger partial charge in [0.1, 0.15) is 6.33 Å². The van der Waals surface area contributed by atoms with Crippen molar-refractivity contribution >= 4 is 46.3 Å². The summed E-state index contributed by atoms with van der Waals surface area (Å²) in [6.45, 7) is 3.77. The molecule has 0 spiro atoms. The van der Waals surface area contributed by atoms with E-state index in [9.17, 15) is 14.9 Å². The number of hydrogen-bond donors (Lipinski definition) is 2. The van der Waals surface area contributed by atoms with E-state index in [2.05, 4.69) is 20.6 Å². The highest BCUT2D eigenvalue weighted by molar-refractivity contribution is 6.30. The maximum absolute atomic E-state index is 11.9. The lowest BCUT2D eigenvalue weighted by molar-refractivity contribution is -0.383. The number of esters is 1. The van der Waals surface area contributed by atoms with Gasteiger partial charge in [-0.2, -0.15) is 0 Å². The number of rotatable bonds is 7. The summed E-state index contributed by atoms with van der Waals surface area (Å²) in [4.78, 5) is 31.2. The summed E-state index contributed by atoms with van der Waals surface area (Å²) in [7, 11) is 0. The van der Waals surface area contributed by atoms with E-state index in [4.69, 9.17) is 16.3 Å². The van der Waals surface area contributed by atoms with Crippen LogP contribution >= 0.6 is 11.6 Å². The molecule has 0 saturated carbocycles. The predicted molar refractivity (Wildman–Crippen MR) is 114 cm³/mol. The van der Waals surface area contributed by atoms with Crippen molar-refractivity contribution < 1.29 is 14.5 Å². The standard InChI is InChI=1S/C20H18ClN5O4/c1-3-30-20(27)13-5-4-6-15(10-13)24-18-17(26(28)29)19(23-11-22-18)25-16-8-7-14(21)9-12(16)2/h4-11H,3H2,1-2H3,(H2,22,23,24,25). The molecule has 3 rings (SSSR count). The quantitative estimate of drug-likeness (QED) is 0.306. The second-order valence-electron chi connectivity index (χ2n) is 6.19. The van der Waals surface area contributed by atoms with Crippen molar-refractivity contribution in [2.45, 2.75) is 13.8 Å². The number of nitrogens with zero attached hydrogens (tertiary/aromatic N) is 3. The molecule has 0 saturated heterocycles. The largest absolute Gasteiger partial charge is 0.462 e. The van der Waals surface area contributed by atoms with Crippen LogP contribution in [0.2, 0.25) is 5.02 Å². The highest BCUT2D eigenvalue weighted by Crippen LogP contribution is 2.34. The molecular formula is C20H18ClN5O4. The molecule has 0 fully saturated rings. The monoisotopic (exact) mass is 427 g/mol. The van der Waals surface area contributed by atoms with E-state index in [0.29, 0.717) is 22.0 Å². The van der Waals surface area contributed by atoms with Crippen LogP contribution < -0.4 is 10.6 Å². The number of benzene rings is 2. The fraction of sp³-hybridized carbons (Fsp3) is 0.150. The van der Waals surface area contributed by atoms with Crippen LogP contribution in [0.15, 0.2) is 48.8 Å². The zero-order valence-corrected chi connectivity index (χ0v) is 16.9. The van der Waals surface area contributed by atoms with Gasteiger partial charge in [0.2, 0.25) is 11.6 Å². The second-order valence-corrected chi connectivity index (χ2v) is 6.62. The van der Waals surface area contributed by atoms with Crippen LogP contribution in [0.3, 0.4) is 0 Å². The van der Waals surface area contributed by atoms with Crippen molar-refractivity contribution in [3.05, 3.63) is 75.1 Å². The number of carbonyl (C=O) groups is 1. The number of hydrogen-bond acceptors (Lipinski definition) is 8. The lowest BCUT2D eigenvalue weighted by atomic mass is 10.2. The normalized spacial score (nSPS) is 10.4. The molecule has 10 heteroatoms. The summed E-state index contributed by atoms with van der Waals surface area (Å²) in [5.41, 5.74) is 1.83. The molecule has 9 nitrogen and oxygen atoms in total. The van der Waals surface area contributed by atoms with Gasteiger partial charge in [-0.15, -0.1) is 0 Å². The van der Waals surface area contributed by atoms with Gasteiger partial charge in [-0.3, -0.25) is 10.1 Å². The highest BCUT2D eigenvalue weighted by atomic mass is 35.5. The molecule has 0 atom stereocenters. The molecular weight excluding hydrogens is 410 g/mol. The minimum atomic E-state index is -0.578. The lowest BCUT2D eigenvalue weighted by Gasteiger charge is -2.12. The summed E-state index contributed by atoms with van der Waals surface area (Å²) in [6, 6.07) is 11.5. The van der Waals surface area contributed by atoms with Crippen LogP contribution in [-0.4, -0.2) is 27.5 Å². The van der Waals surface area contributed by atoms with Crippen molar-refractivity contribution in [3.63, 3.8) is 0 Å². The molecule has 0 aliphatic heterocycles. The van der Waals surface area contributed by atoms with Crippen LogP contribution in [0.4, 0.5) is 28.7 Å². The minimum Gasteiger partial charge on any atom is -0.462 e. The van der Waals surface area contributed by atoms with Crippen LogP contribution in [-0.2, 0) is 4.74 Å². The van der Waals surface area contributed by atoms with Crippen LogP contribution in [0.5, 0.6) is 0 Å². The Morgan fingerprint density at radius 1 is 1.17 bits per heavy atom. The third kappa shape index (κ3) is 4.81. The summed E-state index contributed by atoms with van der Waals surface area (Å²) < 4.78 is 4.98. The molecule has 3 aromatic rings. The molecule has 0 aliphatic rings. The topological polar surface area (TPSA) is 119 Å². The van der Waals surface area contributed by atoms with Crippen molar-refractivity contribution in [1.82, 2.24) is 9.97 Å².